The number of hydrogen-bond donors (Lipinski definition) is 2. The standard InChI is InChI=1S/C30H31N3O6/c1-2-38-29(36)26-17-16-25(22-12-7-4-8-13-22)33(26)27(34)19-31-30(37)32-24-15-9-14-23(18-24)28(35)39-20-21-10-5-3-6-11-21/h3-15,18,25-26H,2,16-17,19-20H2,1H3,(H2,31,32,37). The van der Waals surface area contributed by atoms with E-state index in [1.165, 1.54) is 11.0 Å². The van der Waals surface area contributed by atoms with E-state index in [1.807, 2.05) is 60.7 Å². The Morgan fingerprint density at radius 3 is 2.31 bits per heavy atom. The highest BCUT2D eigenvalue weighted by molar-refractivity contribution is 5.95. The minimum absolute atomic E-state index is 0.132. The van der Waals surface area contributed by atoms with E-state index in [0.29, 0.717) is 18.5 Å². The van der Waals surface area contributed by atoms with Crippen molar-refractivity contribution in [3.8, 4) is 0 Å². The highest BCUT2D eigenvalue weighted by Crippen LogP contribution is 2.36. The number of hydrogen-bond acceptors (Lipinski definition) is 6. The number of benzene rings is 3. The van der Waals surface area contributed by atoms with Crippen molar-refractivity contribution in [3.63, 3.8) is 0 Å². The minimum atomic E-state index is -0.717. The molecule has 2 atom stereocenters. The molecule has 0 radical (unpaired) electrons. The van der Waals surface area contributed by atoms with Gasteiger partial charge in [-0.3, -0.25) is 4.79 Å². The number of carbonyl (C=O) groups excluding carboxylic acids is 4. The van der Waals surface area contributed by atoms with Gasteiger partial charge in [0.2, 0.25) is 5.91 Å². The Bertz CT molecular complexity index is 1300. The largest absolute Gasteiger partial charge is 0.464 e. The van der Waals surface area contributed by atoms with Crippen LogP contribution in [0.2, 0.25) is 0 Å². The van der Waals surface area contributed by atoms with Gasteiger partial charge in [0, 0.05) is 5.69 Å². The third kappa shape index (κ3) is 7.22. The van der Waals surface area contributed by atoms with Gasteiger partial charge in [-0.25, -0.2) is 14.4 Å². The van der Waals surface area contributed by atoms with E-state index in [0.717, 1.165) is 11.1 Å². The molecule has 0 spiro atoms. The van der Waals surface area contributed by atoms with E-state index in [-0.39, 0.29) is 31.4 Å². The van der Waals surface area contributed by atoms with E-state index in [4.69, 9.17) is 9.47 Å². The molecule has 39 heavy (non-hydrogen) atoms. The van der Waals surface area contributed by atoms with E-state index < -0.39 is 29.9 Å². The lowest BCUT2D eigenvalue weighted by molar-refractivity contribution is -0.154. The molecule has 3 aromatic rings. The number of likely N-dealkylation sites (tertiary alicyclic amines) is 1. The Kier molecular flexibility index (Phi) is 9.29. The summed E-state index contributed by atoms with van der Waals surface area (Å²) < 4.78 is 10.5. The first-order valence-electron chi connectivity index (χ1n) is 12.8. The number of anilines is 1. The Morgan fingerprint density at radius 2 is 1.59 bits per heavy atom. The van der Waals surface area contributed by atoms with Crippen LogP contribution in [0.15, 0.2) is 84.9 Å². The van der Waals surface area contributed by atoms with Crippen molar-refractivity contribution in [2.24, 2.45) is 0 Å². The number of urea groups is 1. The zero-order valence-corrected chi connectivity index (χ0v) is 21.7. The molecular formula is C30H31N3O6. The Balaban J connectivity index is 1.35. The van der Waals surface area contributed by atoms with Gasteiger partial charge in [-0.1, -0.05) is 66.7 Å². The van der Waals surface area contributed by atoms with Crippen LogP contribution in [-0.4, -0.2) is 48.0 Å². The molecule has 2 unspecified atom stereocenters. The lowest BCUT2D eigenvalue weighted by atomic mass is 10.0. The van der Waals surface area contributed by atoms with Crippen molar-refractivity contribution < 1.29 is 28.7 Å². The van der Waals surface area contributed by atoms with E-state index in [9.17, 15) is 19.2 Å². The van der Waals surface area contributed by atoms with Gasteiger partial charge in [0.25, 0.3) is 0 Å². The molecule has 4 rings (SSSR count). The summed E-state index contributed by atoms with van der Waals surface area (Å²) in [7, 11) is 0. The molecule has 1 saturated heterocycles. The van der Waals surface area contributed by atoms with Crippen molar-refractivity contribution in [2.45, 2.75) is 38.5 Å². The zero-order valence-electron chi connectivity index (χ0n) is 21.7. The fourth-order valence-electron chi connectivity index (χ4n) is 4.58. The number of nitrogens with one attached hydrogen (secondary N) is 2. The Morgan fingerprint density at radius 1 is 0.872 bits per heavy atom. The van der Waals surface area contributed by atoms with Gasteiger partial charge >= 0.3 is 18.0 Å². The van der Waals surface area contributed by atoms with Gasteiger partial charge in [-0.2, -0.15) is 0 Å². The van der Waals surface area contributed by atoms with Crippen molar-refractivity contribution >= 4 is 29.6 Å². The van der Waals surface area contributed by atoms with Crippen molar-refractivity contribution in [3.05, 3.63) is 102 Å². The van der Waals surface area contributed by atoms with Crippen molar-refractivity contribution in [2.75, 3.05) is 18.5 Å². The Labute approximate surface area is 227 Å². The summed E-state index contributed by atoms with van der Waals surface area (Å²) in [6.45, 7) is 1.75. The van der Waals surface area contributed by atoms with E-state index in [1.54, 1.807) is 25.1 Å². The Hall–Kier alpha value is -4.66. The molecule has 0 aromatic heterocycles. The first-order chi connectivity index (χ1) is 19.0. The maximum absolute atomic E-state index is 13.3. The maximum Gasteiger partial charge on any atom is 0.338 e. The van der Waals surface area contributed by atoms with Crippen LogP contribution < -0.4 is 10.6 Å². The summed E-state index contributed by atoms with van der Waals surface area (Å²) in [4.78, 5) is 52.4. The monoisotopic (exact) mass is 529 g/mol. The molecule has 0 saturated carbocycles. The average Bonchev–Trinajstić information content (AvgIpc) is 3.41. The van der Waals surface area contributed by atoms with Crippen LogP contribution in [0, 0.1) is 0 Å². The second kappa shape index (κ2) is 13.2. The third-order valence-corrected chi connectivity index (χ3v) is 6.39. The fourth-order valence-corrected chi connectivity index (χ4v) is 4.58. The highest BCUT2D eigenvalue weighted by Gasteiger charge is 2.42. The smallest absolute Gasteiger partial charge is 0.338 e. The zero-order chi connectivity index (χ0) is 27.6. The summed E-state index contributed by atoms with van der Waals surface area (Å²) in [5, 5.41) is 5.19. The molecule has 1 heterocycles. The van der Waals surface area contributed by atoms with Crippen LogP contribution in [0.1, 0.15) is 47.3 Å². The van der Waals surface area contributed by atoms with Gasteiger partial charge in [0.05, 0.1) is 24.8 Å². The molecule has 2 N–H and O–H groups in total. The molecule has 1 fully saturated rings. The molecule has 202 valence electrons. The van der Waals surface area contributed by atoms with Gasteiger partial charge in [0.1, 0.15) is 12.6 Å². The van der Waals surface area contributed by atoms with Crippen LogP contribution in [-0.2, 0) is 25.7 Å². The molecule has 1 aliphatic heterocycles. The second-order valence-corrected chi connectivity index (χ2v) is 9.02. The number of nitrogens with zero attached hydrogens (tertiary/aromatic N) is 1. The fraction of sp³-hybridized carbons (Fsp3) is 0.267. The number of rotatable bonds is 9. The van der Waals surface area contributed by atoms with Crippen LogP contribution in [0.5, 0.6) is 0 Å². The lowest BCUT2D eigenvalue weighted by Crippen LogP contribution is -2.47. The summed E-state index contributed by atoms with van der Waals surface area (Å²) >= 11 is 0. The molecule has 1 aliphatic rings. The van der Waals surface area contributed by atoms with Crippen LogP contribution in [0.3, 0.4) is 0 Å². The lowest BCUT2D eigenvalue weighted by Gasteiger charge is -2.29. The summed E-state index contributed by atoms with van der Waals surface area (Å²) in [6.07, 6.45) is 1.09. The first kappa shape index (κ1) is 27.4. The quantitative estimate of drug-likeness (QED) is 0.396. The molecule has 3 amide bonds. The third-order valence-electron chi connectivity index (χ3n) is 6.39. The molecule has 9 heteroatoms. The van der Waals surface area contributed by atoms with E-state index in [2.05, 4.69) is 10.6 Å². The highest BCUT2D eigenvalue weighted by atomic mass is 16.5. The second-order valence-electron chi connectivity index (χ2n) is 9.02. The van der Waals surface area contributed by atoms with Crippen LogP contribution in [0.25, 0.3) is 0 Å². The molecule has 9 nitrogen and oxygen atoms in total. The minimum Gasteiger partial charge on any atom is -0.464 e. The van der Waals surface area contributed by atoms with Gasteiger partial charge < -0.3 is 25.0 Å². The predicted octanol–water partition coefficient (Wildman–Crippen LogP) is 4.46. The number of carbonyl (C=O) groups is 4. The number of amides is 3. The van der Waals surface area contributed by atoms with Gasteiger partial charge in [-0.05, 0) is 49.1 Å². The number of ether oxygens (including phenoxy) is 2. The van der Waals surface area contributed by atoms with Gasteiger partial charge in [0.15, 0.2) is 0 Å². The molecular weight excluding hydrogens is 498 g/mol. The molecule has 0 aliphatic carbocycles. The maximum atomic E-state index is 13.3. The molecule has 3 aromatic carbocycles. The summed E-state index contributed by atoms with van der Waals surface area (Å²) in [6, 6.07) is 23.5. The van der Waals surface area contributed by atoms with Crippen LogP contribution >= 0.6 is 0 Å². The average molecular weight is 530 g/mol. The van der Waals surface area contributed by atoms with Crippen molar-refractivity contribution in [1.29, 1.82) is 0 Å². The predicted molar refractivity (Wildman–Crippen MR) is 145 cm³/mol. The summed E-state index contributed by atoms with van der Waals surface area (Å²) in [5.74, 6) is -1.37. The van der Waals surface area contributed by atoms with Crippen molar-refractivity contribution in [1.82, 2.24) is 10.2 Å². The normalized spacial score (nSPS) is 16.3. The van der Waals surface area contributed by atoms with E-state index >= 15 is 0 Å². The van der Waals surface area contributed by atoms with Gasteiger partial charge in [-0.15, -0.1) is 0 Å². The molecule has 0 bridgehead atoms. The number of esters is 2. The first-order valence-corrected chi connectivity index (χ1v) is 12.8. The summed E-state index contributed by atoms with van der Waals surface area (Å²) in [5.41, 5.74) is 2.42. The topological polar surface area (TPSA) is 114 Å². The SMILES string of the molecule is CCOC(=O)C1CCC(c2ccccc2)N1C(=O)CNC(=O)Nc1cccc(C(=O)OCc2ccccc2)c1. The van der Waals surface area contributed by atoms with Crippen LogP contribution in [0.4, 0.5) is 10.5 Å².